The summed E-state index contributed by atoms with van der Waals surface area (Å²) in [4.78, 5) is 0. The van der Waals surface area contributed by atoms with Crippen LogP contribution in [-0.2, 0) is 0 Å². The van der Waals surface area contributed by atoms with Gasteiger partial charge in [0.25, 0.3) is 0 Å². The number of halogens is 1. The molecule has 2 aliphatic rings. The summed E-state index contributed by atoms with van der Waals surface area (Å²) in [5.41, 5.74) is 6.00. The van der Waals surface area contributed by atoms with Crippen LogP contribution in [0, 0.1) is 11.3 Å². The molecular formula is C17H21I. The van der Waals surface area contributed by atoms with Gasteiger partial charge in [-0.05, 0) is 41.4 Å². The van der Waals surface area contributed by atoms with E-state index in [-0.39, 0.29) is 5.41 Å². The Balaban J connectivity index is 2.55. The first-order chi connectivity index (χ1) is 8.52. The Kier molecular flexibility index (Phi) is 4.00. The van der Waals surface area contributed by atoms with E-state index in [4.69, 9.17) is 0 Å². The van der Waals surface area contributed by atoms with Crippen molar-refractivity contribution in [1.29, 1.82) is 0 Å². The van der Waals surface area contributed by atoms with Crippen molar-refractivity contribution >= 4 is 22.6 Å². The highest BCUT2D eigenvalue weighted by atomic mass is 127. The van der Waals surface area contributed by atoms with Crippen LogP contribution in [0.2, 0.25) is 0 Å². The van der Waals surface area contributed by atoms with Gasteiger partial charge in [0.2, 0.25) is 0 Å². The minimum Gasteiger partial charge on any atom is -0.0987 e. The molecule has 0 fully saturated rings. The van der Waals surface area contributed by atoms with Gasteiger partial charge in [-0.3, -0.25) is 0 Å². The smallest absolute Gasteiger partial charge is 0.0179 e. The second-order valence-corrected chi connectivity index (χ2v) is 6.58. The van der Waals surface area contributed by atoms with Gasteiger partial charge in [0, 0.05) is 4.43 Å². The first-order valence-electron chi connectivity index (χ1n) is 6.49. The topological polar surface area (TPSA) is 0 Å². The van der Waals surface area contributed by atoms with Gasteiger partial charge in [-0.25, -0.2) is 0 Å². The Morgan fingerprint density at radius 2 is 2.17 bits per heavy atom. The summed E-state index contributed by atoms with van der Waals surface area (Å²) in [6, 6.07) is 0. The van der Waals surface area contributed by atoms with Crippen molar-refractivity contribution < 1.29 is 0 Å². The average Bonchev–Trinajstić information content (AvgIpc) is 2.54. The number of alkyl halides is 1. The van der Waals surface area contributed by atoms with Crippen molar-refractivity contribution in [1.82, 2.24) is 0 Å². The molecule has 0 aromatic carbocycles. The predicted octanol–water partition coefficient (Wildman–Crippen LogP) is 5.39. The lowest BCUT2D eigenvalue weighted by molar-refractivity contribution is 0.331. The maximum Gasteiger partial charge on any atom is 0.0179 e. The highest BCUT2D eigenvalue weighted by Crippen LogP contribution is 2.54. The molecule has 2 rings (SSSR count). The number of hydrogen-bond acceptors (Lipinski definition) is 0. The van der Waals surface area contributed by atoms with Gasteiger partial charge in [-0.1, -0.05) is 79.0 Å². The zero-order valence-corrected chi connectivity index (χ0v) is 13.6. The van der Waals surface area contributed by atoms with Gasteiger partial charge in [0.05, 0.1) is 0 Å². The molecule has 0 aliphatic heterocycles. The van der Waals surface area contributed by atoms with E-state index in [9.17, 15) is 0 Å². The van der Waals surface area contributed by atoms with Crippen LogP contribution in [0.25, 0.3) is 0 Å². The number of hydrogen-bond donors (Lipinski definition) is 0. The lowest BCUT2D eigenvalue weighted by Crippen LogP contribution is -2.23. The van der Waals surface area contributed by atoms with Gasteiger partial charge in [-0.15, -0.1) is 0 Å². The van der Waals surface area contributed by atoms with Crippen LogP contribution in [0.15, 0.2) is 59.3 Å². The van der Waals surface area contributed by atoms with Gasteiger partial charge in [-0.2, -0.15) is 0 Å². The molecule has 0 heterocycles. The molecule has 1 unspecified atom stereocenters. The number of allylic oxidation sites excluding steroid dienone is 9. The van der Waals surface area contributed by atoms with Crippen LogP contribution in [0.5, 0.6) is 0 Å². The van der Waals surface area contributed by atoms with Gasteiger partial charge < -0.3 is 0 Å². The zero-order chi connectivity index (χ0) is 13.3. The lowest BCUT2D eigenvalue weighted by atomic mass is 9.72. The summed E-state index contributed by atoms with van der Waals surface area (Å²) in [5.74, 6) is 0.615. The van der Waals surface area contributed by atoms with E-state index in [0.29, 0.717) is 5.92 Å². The monoisotopic (exact) mass is 352 g/mol. The summed E-state index contributed by atoms with van der Waals surface area (Å²) in [7, 11) is 0. The first kappa shape index (κ1) is 13.9. The third-order valence-electron chi connectivity index (χ3n) is 4.19. The van der Waals surface area contributed by atoms with Gasteiger partial charge in [0.15, 0.2) is 0 Å². The van der Waals surface area contributed by atoms with Crippen LogP contribution < -0.4 is 0 Å². The molecule has 18 heavy (non-hydrogen) atoms. The zero-order valence-electron chi connectivity index (χ0n) is 11.5. The van der Waals surface area contributed by atoms with Crippen molar-refractivity contribution in [3.05, 3.63) is 59.3 Å². The summed E-state index contributed by atoms with van der Waals surface area (Å²) in [5, 5.41) is 0. The van der Waals surface area contributed by atoms with Gasteiger partial charge in [0.1, 0.15) is 0 Å². The molecule has 1 heteroatoms. The van der Waals surface area contributed by atoms with Crippen molar-refractivity contribution in [2.24, 2.45) is 11.3 Å². The van der Waals surface area contributed by atoms with Crippen molar-refractivity contribution in [2.75, 3.05) is 4.43 Å². The molecular weight excluding hydrogens is 331 g/mol. The molecule has 96 valence electrons. The lowest BCUT2D eigenvalue weighted by Gasteiger charge is -2.32. The van der Waals surface area contributed by atoms with E-state index in [1.54, 1.807) is 0 Å². The van der Waals surface area contributed by atoms with Crippen LogP contribution in [0.4, 0.5) is 0 Å². The Labute approximate surface area is 124 Å². The van der Waals surface area contributed by atoms with E-state index < -0.39 is 0 Å². The van der Waals surface area contributed by atoms with E-state index in [1.807, 2.05) is 0 Å². The third kappa shape index (κ3) is 2.18. The first-order valence-corrected chi connectivity index (χ1v) is 8.02. The molecule has 0 amide bonds. The minimum atomic E-state index is 0.202. The third-order valence-corrected chi connectivity index (χ3v) is 4.70. The summed E-state index contributed by atoms with van der Waals surface area (Å²) >= 11 is 2.39. The Bertz CT molecular complexity index is 484. The van der Waals surface area contributed by atoms with Crippen LogP contribution in [0.1, 0.15) is 27.2 Å². The summed E-state index contributed by atoms with van der Waals surface area (Å²) < 4.78 is 1.05. The van der Waals surface area contributed by atoms with Crippen LogP contribution in [-0.4, -0.2) is 4.43 Å². The Hall–Kier alpha value is -0.570. The van der Waals surface area contributed by atoms with Crippen molar-refractivity contribution in [3.8, 4) is 0 Å². The molecule has 0 saturated heterocycles. The van der Waals surface area contributed by atoms with Gasteiger partial charge >= 0.3 is 0 Å². The van der Waals surface area contributed by atoms with E-state index in [1.165, 1.54) is 28.7 Å². The highest BCUT2D eigenvalue weighted by Gasteiger charge is 2.43. The van der Waals surface area contributed by atoms with E-state index in [2.05, 4.69) is 80.3 Å². The Morgan fingerprint density at radius 1 is 1.44 bits per heavy atom. The fourth-order valence-corrected chi connectivity index (χ4v) is 3.44. The summed E-state index contributed by atoms with van der Waals surface area (Å²) in [6.45, 7) is 11.0. The molecule has 1 atom stereocenters. The summed E-state index contributed by atoms with van der Waals surface area (Å²) in [6.07, 6.45) is 12.3. The molecule has 0 saturated carbocycles. The highest BCUT2D eigenvalue weighted by molar-refractivity contribution is 14.1. The molecule has 0 bridgehead atoms. The molecule has 0 aromatic rings. The minimum absolute atomic E-state index is 0.202. The average molecular weight is 352 g/mol. The van der Waals surface area contributed by atoms with E-state index >= 15 is 0 Å². The quantitative estimate of drug-likeness (QED) is 0.472. The second-order valence-electron chi connectivity index (χ2n) is 5.70. The van der Waals surface area contributed by atoms with Crippen LogP contribution in [0.3, 0.4) is 0 Å². The largest absolute Gasteiger partial charge is 0.0987 e. The standard InChI is InChI=1S/C17H21I/c1-5-15-13(7-6-10-18)14-9-8-12(2)11-16(14)17(15,3)4/h5-9,16H,1,10-11H2,2-4H3/b7-6-. The molecule has 0 N–H and O–H groups in total. The predicted molar refractivity (Wildman–Crippen MR) is 89.0 cm³/mol. The molecule has 2 aliphatic carbocycles. The molecule has 0 nitrogen and oxygen atoms in total. The number of fused-ring (bicyclic) bond motifs is 1. The number of rotatable bonds is 3. The van der Waals surface area contributed by atoms with E-state index in [0.717, 1.165) is 4.43 Å². The second kappa shape index (κ2) is 5.20. The molecule has 0 radical (unpaired) electrons. The maximum absolute atomic E-state index is 4.04. The normalized spacial score (nSPS) is 26.1. The Morgan fingerprint density at radius 3 is 2.78 bits per heavy atom. The maximum atomic E-state index is 4.04. The fraction of sp³-hybridized carbons (Fsp3) is 0.412. The molecule has 0 spiro atoms. The fourth-order valence-electron chi connectivity index (χ4n) is 3.18. The van der Waals surface area contributed by atoms with Crippen LogP contribution >= 0.6 is 22.6 Å². The molecule has 0 aromatic heterocycles. The van der Waals surface area contributed by atoms with Crippen molar-refractivity contribution in [3.63, 3.8) is 0 Å². The SMILES string of the molecule is C=CC1=C(/C=C\CI)C2=CC=C(C)CC2C1(C)C. The van der Waals surface area contributed by atoms with Crippen molar-refractivity contribution in [2.45, 2.75) is 27.2 Å².